The number of hydrogen-bond acceptors (Lipinski definition) is 8. The van der Waals surface area contributed by atoms with E-state index in [1.807, 2.05) is 37.3 Å². The molecule has 0 radical (unpaired) electrons. The van der Waals surface area contributed by atoms with Gasteiger partial charge in [0.1, 0.15) is 12.0 Å². The van der Waals surface area contributed by atoms with Crippen LogP contribution in [0, 0.1) is 6.92 Å². The van der Waals surface area contributed by atoms with Crippen molar-refractivity contribution in [3.63, 3.8) is 0 Å². The number of amides is 1. The second-order valence-corrected chi connectivity index (χ2v) is 8.73. The van der Waals surface area contributed by atoms with Crippen LogP contribution in [-0.4, -0.2) is 59.6 Å². The number of pyridine rings is 2. The normalized spacial score (nSPS) is 11.4. The van der Waals surface area contributed by atoms with Crippen LogP contribution >= 0.6 is 0 Å². The van der Waals surface area contributed by atoms with Crippen LogP contribution in [0.1, 0.15) is 33.2 Å². The Balaban J connectivity index is 1.37. The Hall–Kier alpha value is -4.54. The molecule has 186 valence electrons. The van der Waals surface area contributed by atoms with E-state index in [9.17, 15) is 19.8 Å². The van der Waals surface area contributed by atoms with Gasteiger partial charge >= 0.3 is 0 Å². The van der Waals surface area contributed by atoms with Gasteiger partial charge in [-0.25, -0.2) is 9.97 Å². The highest BCUT2D eigenvalue weighted by Gasteiger charge is 2.22. The van der Waals surface area contributed by atoms with Crippen LogP contribution in [0.2, 0.25) is 0 Å². The monoisotopic (exact) mass is 496 g/mol. The quantitative estimate of drug-likeness (QED) is 0.278. The molecule has 0 atom stereocenters. The van der Waals surface area contributed by atoms with Crippen molar-refractivity contribution in [3.05, 3.63) is 89.9 Å². The lowest BCUT2D eigenvalue weighted by Crippen LogP contribution is -2.17. The van der Waals surface area contributed by atoms with Crippen LogP contribution < -0.4 is 5.32 Å². The van der Waals surface area contributed by atoms with Crippen LogP contribution in [0.15, 0.2) is 67.5 Å². The summed E-state index contributed by atoms with van der Waals surface area (Å²) in [7, 11) is 0. The number of nitrogens with zero attached hydrogens (tertiary/aromatic N) is 5. The molecule has 0 unspecified atom stereocenters. The number of hydrogen-bond donors (Lipinski definition) is 3. The number of ketones is 1. The molecule has 4 heterocycles. The molecular formula is C27H24N6O4. The number of rotatable bonds is 8. The Morgan fingerprint density at radius 2 is 1.84 bits per heavy atom. The lowest BCUT2D eigenvalue weighted by molar-refractivity contribution is -0.115. The van der Waals surface area contributed by atoms with Crippen LogP contribution in [0.4, 0.5) is 5.69 Å². The summed E-state index contributed by atoms with van der Waals surface area (Å²) in [4.78, 5) is 43.0. The number of carbonyl (C=O) groups is 2. The van der Waals surface area contributed by atoms with Gasteiger partial charge in [0.25, 0.3) is 0 Å². The van der Waals surface area contributed by atoms with Crippen molar-refractivity contribution in [3.8, 4) is 0 Å². The second-order valence-electron chi connectivity index (χ2n) is 8.73. The first-order valence-corrected chi connectivity index (χ1v) is 11.6. The van der Waals surface area contributed by atoms with Gasteiger partial charge in [-0.3, -0.25) is 19.6 Å². The molecule has 0 fully saturated rings. The molecule has 10 nitrogen and oxygen atoms in total. The predicted molar refractivity (Wildman–Crippen MR) is 137 cm³/mol. The second kappa shape index (κ2) is 10.2. The molecule has 0 aliphatic carbocycles. The van der Waals surface area contributed by atoms with E-state index in [1.165, 1.54) is 24.9 Å². The van der Waals surface area contributed by atoms with Crippen molar-refractivity contribution in [2.45, 2.75) is 19.4 Å². The topological polar surface area (TPSA) is 143 Å². The largest absolute Gasteiger partial charge is 0.394 e. The molecule has 0 saturated heterocycles. The maximum Gasteiger partial charge on any atom is 0.228 e. The summed E-state index contributed by atoms with van der Waals surface area (Å²) in [6.07, 6.45) is 7.41. The third-order valence-electron chi connectivity index (χ3n) is 6.10. The number of aliphatic hydroxyl groups excluding tert-OH is 2. The molecule has 10 heteroatoms. The van der Waals surface area contributed by atoms with E-state index >= 15 is 0 Å². The minimum atomic E-state index is -0.656. The number of aliphatic hydroxyl groups is 2. The summed E-state index contributed by atoms with van der Waals surface area (Å²) in [5.41, 5.74) is 3.91. The van der Waals surface area contributed by atoms with Crippen LogP contribution in [-0.2, 0) is 11.2 Å². The lowest BCUT2D eigenvalue weighted by Gasteiger charge is -2.13. The molecular weight excluding hydrogens is 472 g/mol. The number of aromatic nitrogens is 5. The Morgan fingerprint density at radius 1 is 1.03 bits per heavy atom. The predicted octanol–water partition coefficient (Wildman–Crippen LogP) is 2.62. The maximum absolute atomic E-state index is 13.4. The number of benzene rings is 1. The van der Waals surface area contributed by atoms with E-state index < -0.39 is 6.04 Å². The molecule has 0 spiro atoms. The molecule has 5 aromatic rings. The summed E-state index contributed by atoms with van der Waals surface area (Å²) >= 11 is 0. The molecule has 1 amide bonds. The van der Waals surface area contributed by atoms with Gasteiger partial charge in [-0.2, -0.15) is 0 Å². The number of anilines is 1. The zero-order valence-corrected chi connectivity index (χ0v) is 20.0. The molecule has 0 aliphatic heterocycles. The van der Waals surface area contributed by atoms with Crippen LogP contribution in [0.25, 0.3) is 21.9 Å². The van der Waals surface area contributed by atoms with Gasteiger partial charge in [0.05, 0.1) is 48.6 Å². The first-order chi connectivity index (χ1) is 18.0. The van der Waals surface area contributed by atoms with Gasteiger partial charge < -0.3 is 20.1 Å². The van der Waals surface area contributed by atoms with Gasteiger partial charge in [0.2, 0.25) is 5.91 Å². The van der Waals surface area contributed by atoms with Crippen molar-refractivity contribution in [2.75, 3.05) is 18.5 Å². The summed E-state index contributed by atoms with van der Waals surface area (Å²) in [5.74, 6) is -0.607. The fourth-order valence-electron chi connectivity index (χ4n) is 4.23. The molecule has 0 bridgehead atoms. The maximum atomic E-state index is 13.4. The van der Waals surface area contributed by atoms with E-state index in [0.29, 0.717) is 22.3 Å². The summed E-state index contributed by atoms with van der Waals surface area (Å²) in [5, 5.41) is 23.5. The third kappa shape index (κ3) is 4.92. The van der Waals surface area contributed by atoms with Gasteiger partial charge in [0, 0.05) is 40.6 Å². The number of carbonyl (C=O) groups excluding carboxylic acids is 2. The van der Waals surface area contributed by atoms with E-state index in [4.69, 9.17) is 0 Å². The minimum absolute atomic E-state index is 0.137. The Labute approximate surface area is 211 Å². The first-order valence-electron chi connectivity index (χ1n) is 11.6. The van der Waals surface area contributed by atoms with Gasteiger partial charge in [-0.05, 0) is 30.7 Å². The zero-order chi connectivity index (χ0) is 25.9. The molecule has 3 N–H and O–H groups in total. The Kier molecular flexibility index (Phi) is 6.67. The van der Waals surface area contributed by atoms with E-state index in [2.05, 4.69) is 25.3 Å². The number of nitrogens with one attached hydrogen (secondary N) is 1. The SMILES string of the molecule is Cc1ccc2ccc(CC(=O)Nc3cncc(C(=O)c4cn(C(CO)CO)c5ncncc45)c3)cc2n1. The van der Waals surface area contributed by atoms with Gasteiger partial charge in [-0.15, -0.1) is 0 Å². The zero-order valence-electron chi connectivity index (χ0n) is 20.0. The summed E-state index contributed by atoms with van der Waals surface area (Å²) in [6.45, 7) is 1.27. The summed E-state index contributed by atoms with van der Waals surface area (Å²) in [6, 6.07) is 10.6. The lowest BCUT2D eigenvalue weighted by atomic mass is 10.1. The van der Waals surface area contributed by atoms with Crippen molar-refractivity contribution >= 4 is 39.3 Å². The molecule has 0 aliphatic rings. The average molecular weight is 497 g/mol. The Bertz CT molecular complexity index is 1630. The van der Waals surface area contributed by atoms with Crippen LogP contribution in [0.5, 0.6) is 0 Å². The third-order valence-corrected chi connectivity index (χ3v) is 6.10. The fourth-order valence-corrected chi connectivity index (χ4v) is 4.23. The minimum Gasteiger partial charge on any atom is -0.394 e. The molecule has 0 saturated carbocycles. The van der Waals surface area contributed by atoms with Crippen molar-refractivity contribution in [2.24, 2.45) is 0 Å². The van der Waals surface area contributed by atoms with Crippen LogP contribution in [0.3, 0.4) is 0 Å². The molecule has 4 aromatic heterocycles. The highest BCUT2D eigenvalue weighted by atomic mass is 16.3. The number of fused-ring (bicyclic) bond motifs is 2. The molecule has 1 aromatic carbocycles. The summed E-state index contributed by atoms with van der Waals surface area (Å²) < 4.78 is 1.56. The molecule has 37 heavy (non-hydrogen) atoms. The highest BCUT2D eigenvalue weighted by Crippen LogP contribution is 2.25. The smallest absolute Gasteiger partial charge is 0.228 e. The van der Waals surface area contributed by atoms with E-state index in [-0.39, 0.29) is 36.9 Å². The average Bonchev–Trinajstić information content (AvgIpc) is 3.28. The van der Waals surface area contributed by atoms with Crippen molar-refractivity contribution in [1.82, 2.24) is 24.5 Å². The van der Waals surface area contributed by atoms with E-state index in [1.54, 1.807) is 16.8 Å². The fraction of sp³-hybridized carbons (Fsp3) is 0.185. The molecule has 5 rings (SSSR count). The first kappa shape index (κ1) is 24.2. The van der Waals surface area contributed by atoms with Gasteiger partial charge in [-0.1, -0.05) is 18.2 Å². The van der Waals surface area contributed by atoms with Crippen molar-refractivity contribution in [1.29, 1.82) is 0 Å². The Morgan fingerprint density at radius 3 is 2.65 bits per heavy atom. The van der Waals surface area contributed by atoms with E-state index in [0.717, 1.165) is 22.2 Å². The highest BCUT2D eigenvalue weighted by molar-refractivity contribution is 6.16. The van der Waals surface area contributed by atoms with Gasteiger partial charge in [0.15, 0.2) is 5.78 Å². The standard InChI is InChI=1S/C27H24N6O4/c1-16-2-4-18-5-3-17(6-24(18)31-16)7-25(36)32-20-8-19(9-28-10-20)26(37)23-12-33(21(13-34)14-35)27-22(23)11-29-15-30-27/h2-6,8-12,15,21,34-35H,7,13-14H2,1H3,(H,32,36). The van der Waals surface area contributed by atoms with Crippen molar-refractivity contribution < 1.29 is 19.8 Å². The number of aryl methyl sites for hydroxylation is 1.